The number of rotatable bonds is 2. The highest BCUT2D eigenvalue weighted by atomic mass is 79.9. The van der Waals surface area contributed by atoms with Gasteiger partial charge in [0.2, 0.25) is 0 Å². The number of halogens is 2. The molecule has 5 heteroatoms. The van der Waals surface area contributed by atoms with Crippen molar-refractivity contribution >= 4 is 33.2 Å². The molecule has 0 fully saturated rings. The minimum atomic E-state index is -0.555. The molecule has 0 spiro atoms. The van der Waals surface area contributed by atoms with Crippen LogP contribution in [0.5, 0.6) is 0 Å². The monoisotopic (exact) mass is 322 g/mol. The standard InChI is InChI=1S/C14H12BrFN2O/c1-8-9(4-2-5-10(8)15)14(19)18-13-11(16)6-3-7-12(13)17/h2-7H,17H2,1H3,(H,18,19). The second kappa shape index (κ2) is 5.40. The van der Waals surface area contributed by atoms with Crippen molar-refractivity contribution in [3.8, 4) is 0 Å². The summed E-state index contributed by atoms with van der Waals surface area (Å²) in [6.45, 7) is 1.81. The highest BCUT2D eigenvalue weighted by Crippen LogP contribution is 2.24. The van der Waals surface area contributed by atoms with Crippen molar-refractivity contribution in [1.29, 1.82) is 0 Å². The van der Waals surface area contributed by atoms with Crippen LogP contribution in [0.25, 0.3) is 0 Å². The van der Waals surface area contributed by atoms with Crippen LogP contribution in [-0.2, 0) is 0 Å². The number of anilines is 2. The first-order chi connectivity index (χ1) is 9.00. The van der Waals surface area contributed by atoms with Crippen molar-refractivity contribution in [2.75, 3.05) is 11.1 Å². The van der Waals surface area contributed by atoms with Gasteiger partial charge in [-0.25, -0.2) is 4.39 Å². The molecule has 0 aliphatic carbocycles. The van der Waals surface area contributed by atoms with E-state index in [9.17, 15) is 9.18 Å². The fourth-order valence-electron chi connectivity index (χ4n) is 1.71. The molecule has 2 rings (SSSR count). The van der Waals surface area contributed by atoms with Crippen molar-refractivity contribution in [3.63, 3.8) is 0 Å². The number of benzene rings is 2. The van der Waals surface area contributed by atoms with Crippen molar-refractivity contribution < 1.29 is 9.18 Å². The topological polar surface area (TPSA) is 55.1 Å². The molecule has 0 aromatic heterocycles. The number of carbonyl (C=O) groups excluding carboxylic acids is 1. The molecule has 2 aromatic rings. The molecule has 0 saturated carbocycles. The largest absolute Gasteiger partial charge is 0.397 e. The van der Waals surface area contributed by atoms with E-state index < -0.39 is 11.7 Å². The van der Waals surface area contributed by atoms with Gasteiger partial charge < -0.3 is 11.1 Å². The van der Waals surface area contributed by atoms with E-state index in [2.05, 4.69) is 21.2 Å². The number of nitrogen functional groups attached to an aromatic ring is 1. The van der Waals surface area contributed by atoms with Crippen LogP contribution in [0.4, 0.5) is 15.8 Å². The van der Waals surface area contributed by atoms with Gasteiger partial charge in [-0.1, -0.05) is 28.1 Å². The van der Waals surface area contributed by atoms with E-state index in [1.807, 2.05) is 13.0 Å². The third-order valence-corrected chi connectivity index (χ3v) is 3.66. The molecule has 3 N–H and O–H groups in total. The van der Waals surface area contributed by atoms with Gasteiger partial charge in [-0.15, -0.1) is 0 Å². The first-order valence-electron chi connectivity index (χ1n) is 5.61. The van der Waals surface area contributed by atoms with E-state index in [0.29, 0.717) is 5.56 Å². The van der Waals surface area contributed by atoms with Crippen LogP contribution in [0.1, 0.15) is 15.9 Å². The zero-order valence-electron chi connectivity index (χ0n) is 10.2. The summed E-state index contributed by atoms with van der Waals surface area (Å²) in [5.74, 6) is -0.948. The first-order valence-corrected chi connectivity index (χ1v) is 6.40. The number of para-hydroxylation sites is 1. The molecular formula is C14H12BrFN2O. The maximum Gasteiger partial charge on any atom is 0.256 e. The van der Waals surface area contributed by atoms with Crippen molar-refractivity contribution in [2.24, 2.45) is 0 Å². The third kappa shape index (κ3) is 2.76. The van der Waals surface area contributed by atoms with Crippen molar-refractivity contribution in [3.05, 3.63) is 57.8 Å². The summed E-state index contributed by atoms with van der Waals surface area (Å²) >= 11 is 3.35. The molecule has 0 heterocycles. The van der Waals surface area contributed by atoms with Crippen molar-refractivity contribution in [2.45, 2.75) is 6.92 Å². The Labute approximate surface area is 118 Å². The Hall–Kier alpha value is -1.88. The molecule has 1 amide bonds. The van der Waals surface area contributed by atoms with Gasteiger partial charge in [0.05, 0.1) is 5.69 Å². The predicted octanol–water partition coefficient (Wildman–Crippen LogP) is 3.73. The molecule has 0 aliphatic heterocycles. The van der Waals surface area contributed by atoms with Gasteiger partial charge in [0.1, 0.15) is 11.5 Å². The minimum absolute atomic E-state index is 0.00637. The molecule has 98 valence electrons. The van der Waals surface area contributed by atoms with E-state index >= 15 is 0 Å². The Morgan fingerprint density at radius 3 is 2.63 bits per heavy atom. The van der Waals surface area contributed by atoms with E-state index in [1.54, 1.807) is 12.1 Å². The lowest BCUT2D eigenvalue weighted by Crippen LogP contribution is -2.15. The van der Waals surface area contributed by atoms with Gasteiger partial charge in [0.15, 0.2) is 0 Å². The second-order valence-corrected chi connectivity index (χ2v) is 4.92. The van der Waals surface area contributed by atoms with Gasteiger partial charge >= 0.3 is 0 Å². The average molecular weight is 323 g/mol. The molecule has 0 aliphatic rings. The van der Waals surface area contributed by atoms with Gasteiger partial charge in [0.25, 0.3) is 5.91 Å². The summed E-state index contributed by atoms with van der Waals surface area (Å²) in [6, 6.07) is 9.53. The van der Waals surface area contributed by atoms with E-state index in [-0.39, 0.29) is 11.4 Å². The fourth-order valence-corrected chi connectivity index (χ4v) is 2.07. The van der Waals surface area contributed by atoms with Gasteiger partial charge in [0, 0.05) is 10.0 Å². The third-order valence-electron chi connectivity index (χ3n) is 2.80. The Morgan fingerprint density at radius 2 is 1.95 bits per heavy atom. The maximum atomic E-state index is 13.6. The number of nitrogens with one attached hydrogen (secondary N) is 1. The Kier molecular flexibility index (Phi) is 3.85. The molecule has 0 saturated heterocycles. The van der Waals surface area contributed by atoms with Crippen LogP contribution in [0.2, 0.25) is 0 Å². The normalized spacial score (nSPS) is 10.3. The summed E-state index contributed by atoms with van der Waals surface area (Å²) in [5.41, 5.74) is 7.11. The summed E-state index contributed by atoms with van der Waals surface area (Å²) in [4.78, 5) is 12.1. The highest BCUT2D eigenvalue weighted by molar-refractivity contribution is 9.10. The van der Waals surface area contributed by atoms with Crippen LogP contribution in [-0.4, -0.2) is 5.91 Å². The fraction of sp³-hybridized carbons (Fsp3) is 0.0714. The molecule has 0 unspecified atom stereocenters. The van der Waals surface area contributed by atoms with Crippen LogP contribution in [0, 0.1) is 12.7 Å². The SMILES string of the molecule is Cc1c(Br)cccc1C(=O)Nc1c(N)cccc1F. The second-order valence-electron chi connectivity index (χ2n) is 4.07. The number of amides is 1. The van der Waals surface area contributed by atoms with Crippen LogP contribution < -0.4 is 11.1 Å². The highest BCUT2D eigenvalue weighted by Gasteiger charge is 2.14. The smallest absolute Gasteiger partial charge is 0.256 e. The lowest BCUT2D eigenvalue weighted by atomic mass is 10.1. The van der Waals surface area contributed by atoms with Gasteiger partial charge in [-0.2, -0.15) is 0 Å². The number of hydrogen-bond donors (Lipinski definition) is 2. The van der Waals surface area contributed by atoms with Gasteiger partial charge in [-0.3, -0.25) is 4.79 Å². The lowest BCUT2D eigenvalue weighted by Gasteiger charge is -2.11. The number of nitrogens with two attached hydrogens (primary N) is 1. The zero-order valence-corrected chi connectivity index (χ0v) is 11.8. The summed E-state index contributed by atoms with van der Waals surface area (Å²) in [5, 5.41) is 2.50. The minimum Gasteiger partial charge on any atom is -0.397 e. The van der Waals surface area contributed by atoms with E-state index in [0.717, 1.165) is 10.0 Å². The molecule has 0 atom stereocenters. The summed E-state index contributed by atoms with van der Waals surface area (Å²) in [6.07, 6.45) is 0. The molecule has 19 heavy (non-hydrogen) atoms. The van der Waals surface area contributed by atoms with Crippen LogP contribution in [0.15, 0.2) is 40.9 Å². The zero-order chi connectivity index (χ0) is 14.0. The van der Waals surface area contributed by atoms with Crippen LogP contribution in [0.3, 0.4) is 0 Å². The maximum absolute atomic E-state index is 13.6. The average Bonchev–Trinajstić information content (AvgIpc) is 2.37. The van der Waals surface area contributed by atoms with E-state index in [1.165, 1.54) is 18.2 Å². The lowest BCUT2D eigenvalue weighted by molar-refractivity contribution is 0.102. The molecular weight excluding hydrogens is 311 g/mol. The van der Waals surface area contributed by atoms with Gasteiger partial charge in [-0.05, 0) is 36.8 Å². The van der Waals surface area contributed by atoms with E-state index in [4.69, 9.17) is 5.73 Å². The summed E-state index contributed by atoms with van der Waals surface area (Å²) in [7, 11) is 0. The molecule has 3 nitrogen and oxygen atoms in total. The molecule has 0 radical (unpaired) electrons. The summed E-state index contributed by atoms with van der Waals surface area (Å²) < 4.78 is 14.4. The Balaban J connectivity index is 2.34. The number of hydrogen-bond acceptors (Lipinski definition) is 2. The predicted molar refractivity (Wildman–Crippen MR) is 77.6 cm³/mol. The first kappa shape index (κ1) is 13.5. The van der Waals surface area contributed by atoms with Crippen molar-refractivity contribution in [1.82, 2.24) is 0 Å². The molecule has 2 aromatic carbocycles. The Bertz CT molecular complexity index is 623. The molecule has 0 bridgehead atoms. The number of carbonyl (C=O) groups is 1. The quantitative estimate of drug-likeness (QED) is 0.828. The Morgan fingerprint density at radius 1 is 1.26 bits per heavy atom. The van der Waals surface area contributed by atoms with Crippen LogP contribution >= 0.6 is 15.9 Å².